The SMILES string of the molecule is CC(=O)c1cc(OC(F)(F)F)cc(C)c1Cl. The molecule has 0 aliphatic carbocycles. The van der Waals surface area contributed by atoms with Gasteiger partial charge >= 0.3 is 6.36 Å². The first-order valence-corrected chi connectivity index (χ1v) is 4.65. The van der Waals surface area contributed by atoms with Crippen LogP contribution in [-0.4, -0.2) is 12.1 Å². The normalized spacial score (nSPS) is 11.4. The molecule has 2 nitrogen and oxygen atoms in total. The van der Waals surface area contributed by atoms with Crippen LogP contribution in [0.3, 0.4) is 0 Å². The number of hydrogen-bond donors (Lipinski definition) is 0. The van der Waals surface area contributed by atoms with Gasteiger partial charge in [-0.3, -0.25) is 4.79 Å². The molecule has 0 aliphatic heterocycles. The van der Waals surface area contributed by atoms with Crippen LogP contribution in [0.15, 0.2) is 12.1 Å². The maximum absolute atomic E-state index is 12.0. The topological polar surface area (TPSA) is 26.3 Å². The van der Waals surface area contributed by atoms with Crippen molar-refractivity contribution >= 4 is 17.4 Å². The van der Waals surface area contributed by atoms with E-state index in [4.69, 9.17) is 11.6 Å². The molecule has 1 rings (SSSR count). The molecule has 0 bridgehead atoms. The average molecular weight is 253 g/mol. The summed E-state index contributed by atoms with van der Waals surface area (Å²) in [6.07, 6.45) is -4.78. The second-order valence-electron chi connectivity index (χ2n) is 3.21. The van der Waals surface area contributed by atoms with Gasteiger partial charge < -0.3 is 4.74 Å². The number of carbonyl (C=O) groups is 1. The summed E-state index contributed by atoms with van der Waals surface area (Å²) in [6, 6.07) is 2.10. The summed E-state index contributed by atoms with van der Waals surface area (Å²) in [5.41, 5.74) is 0.370. The molecule has 0 atom stereocenters. The number of alkyl halides is 3. The third kappa shape index (κ3) is 3.13. The molecule has 0 aromatic heterocycles. The van der Waals surface area contributed by atoms with E-state index in [9.17, 15) is 18.0 Å². The molecule has 0 fully saturated rings. The number of carbonyl (C=O) groups excluding carboxylic acids is 1. The van der Waals surface area contributed by atoms with Crippen LogP contribution in [0, 0.1) is 6.92 Å². The van der Waals surface area contributed by atoms with Gasteiger partial charge in [0.15, 0.2) is 5.78 Å². The number of ketones is 1. The third-order valence-corrected chi connectivity index (χ3v) is 2.34. The Morgan fingerprint density at radius 1 is 1.38 bits per heavy atom. The Hall–Kier alpha value is -1.23. The minimum absolute atomic E-state index is 0.0147. The van der Waals surface area contributed by atoms with Crippen LogP contribution in [0.2, 0.25) is 5.02 Å². The van der Waals surface area contributed by atoms with E-state index in [1.807, 2.05) is 0 Å². The first kappa shape index (κ1) is 12.8. The summed E-state index contributed by atoms with van der Waals surface area (Å²) in [6.45, 7) is 2.72. The van der Waals surface area contributed by atoms with Crippen LogP contribution in [0.1, 0.15) is 22.8 Å². The summed E-state index contributed by atoms with van der Waals surface area (Å²) in [5, 5.41) is 0.141. The number of Topliss-reactive ketones (excluding diaryl/α,β-unsaturated/α-hetero) is 1. The van der Waals surface area contributed by atoms with E-state index in [0.717, 1.165) is 12.1 Å². The molecule has 1 aromatic carbocycles. The summed E-state index contributed by atoms with van der Waals surface area (Å²) in [7, 11) is 0. The van der Waals surface area contributed by atoms with Crippen molar-refractivity contribution in [2.75, 3.05) is 0 Å². The van der Waals surface area contributed by atoms with Crippen molar-refractivity contribution in [3.05, 3.63) is 28.3 Å². The lowest BCUT2D eigenvalue weighted by molar-refractivity contribution is -0.274. The van der Waals surface area contributed by atoms with Crippen LogP contribution in [-0.2, 0) is 0 Å². The van der Waals surface area contributed by atoms with Gasteiger partial charge in [-0.15, -0.1) is 13.2 Å². The minimum Gasteiger partial charge on any atom is -0.406 e. The van der Waals surface area contributed by atoms with Gasteiger partial charge in [-0.25, -0.2) is 0 Å². The molecule has 6 heteroatoms. The van der Waals surface area contributed by atoms with Crippen molar-refractivity contribution in [1.29, 1.82) is 0 Å². The molecule has 0 radical (unpaired) electrons. The average Bonchev–Trinajstić information content (AvgIpc) is 2.07. The molecule has 0 saturated carbocycles. The maximum Gasteiger partial charge on any atom is 0.573 e. The van der Waals surface area contributed by atoms with Crippen molar-refractivity contribution in [2.45, 2.75) is 20.2 Å². The van der Waals surface area contributed by atoms with Gasteiger partial charge in [-0.05, 0) is 31.5 Å². The highest BCUT2D eigenvalue weighted by Gasteiger charge is 2.31. The second kappa shape index (κ2) is 4.33. The van der Waals surface area contributed by atoms with Crippen LogP contribution in [0.5, 0.6) is 5.75 Å². The van der Waals surface area contributed by atoms with Gasteiger partial charge in [-0.1, -0.05) is 11.6 Å². The van der Waals surface area contributed by atoms with Gasteiger partial charge in [-0.2, -0.15) is 0 Å². The highest BCUT2D eigenvalue weighted by Crippen LogP contribution is 2.30. The Kier molecular flexibility index (Phi) is 3.48. The van der Waals surface area contributed by atoms with E-state index in [1.54, 1.807) is 0 Å². The van der Waals surface area contributed by atoms with Crippen LogP contribution < -0.4 is 4.74 Å². The molecule has 16 heavy (non-hydrogen) atoms. The fraction of sp³-hybridized carbons (Fsp3) is 0.300. The summed E-state index contributed by atoms with van der Waals surface area (Å²) in [5.74, 6) is -0.861. The Balaban J connectivity index is 3.19. The molecule has 0 unspecified atom stereocenters. The van der Waals surface area contributed by atoms with E-state index in [1.165, 1.54) is 13.8 Å². The number of benzene rings is 1. The van der Waals surface area contributed by atoms with Crippen LogP contribution in [0.4, 0.5) is 13.2 Å². The zero-order valence-corrected chi connectivity index (χ0v) is 9.24. The van der Waals surface area contributed by atoms with Gasteiger partial charge in [0, 0.05) is 5.56 Å². The minimum atomic E-state index is -4.78. The maximum atomic E-state index is 12.0. The summed E-state index contributed by atoms with van der Waals surface area (Å²) < 4.78 is 39.6. The lowest BCUT2D eigenvalue weighted by Crippen LogP contribution is -2.17. The van der Waals surface area contributed by atoms with Crippen molar-refractivity contribution in [1.82, 2.24) is 0 Å². The first-order valence-electron chi connectivity index (χ1n) is 4.27. The Morgan fingerprint density at radius 2 is 1.94 bits per heavy atom. The van der Waals surface area contributed by atoms with Crippen molar-refractivity contribution in [3.8, 4) is 5.75 Å². The predicted molar refractivity (Wildman–Crippen MR) is 52.9 cm³/mol. The van der Waals surface area contributed by atoms with Gasteiger partial charge in [0.2, 0.25) is 0 Å². The third-order valence-electron chi connectivity index (χ3n) is 1.84. The fourth-order valence-corrected chi connectivity index (χ4v) is 1.43. The van der Waals surface area contributed by atoms with Gasteiger partial charge in [0.25, 0.3) is 0 Å². The number of hydrogen-bond acceptors (Lipinski definition) is 2. The molecule has 0 spiro atoms. The van der Waals surface area contributed by atoms with E-state index >= 15 is 0 Å². The van der Waals surface area contributed by atoms with Crippen molar-refractivity contribution in [3.63, 3.8) is 0 Å². The number of rotatable bonds is 2. The smallest absolute Gasteiger partial charge is 0.406 e. The Bertz CT molecular complexity index is 427. The van der Waals surface area contributed by atoms with E-state index in [2.05, 4.69) is 4.74 Å². The van der Waals surface area contributed by atoms with Gasteiger partial charge in [0.1, 0.15) is 5.75 Å². The van der Waals surface area contributed by atoms with Gasteiger partial charge in [0.05, 0.1) is 5.02 Å². The Labute approximate surface area is 95.0 Å². The first-order chi connectivity index (χ1) is 7.20. The molecule has 0 amide bonds. The molecule has 0 saturated heterocycles. The summed E-state index contributed by atoms with van der Waals surface area (Å²) in [4.78, 5) is 11.1. The molecule has 0 heterocycles. The molecular formula is C10H8ClF3O2. The molecule has 0 aliphatic rings. The van der Waals surface area contributed by atoms with Crippen LogP contribution >= 0.6 is 11.6 Å². The lowest BCUT2D eigenvalue weighted by Gasteiger charge is -2.12. The number of aryl methyl sites for hydroxylation is 1. The largest absolute Gasteiger partial charge is 0.573 e. The van der Waals surface area contributed by atoms with E-state index in [-0.39, 0.29) is 10.6 Å². The number of halogens is 4. The highest BCUT2D eigenvalue weighted by molar-refractivity contribution is 6.34. The van der Waals surface area contributed by atoms with E-state index in [0.29, 0.717) is 5.56 Å². The Morgan fingerprint density at radius 3 is 2.38 bits per heavy atom. The standard InChI is InChI=1S/C10H8ClF3O2/c1-5-3-7(16-10(12,13)14)4-8(6(2)15)9(5)11/h3-4H,1-2H3. The molecular weight excluding hydrogens is 245 g/mol. The molecule has 1 aromatic rings. The van der Waals surface area contributed by atoms with E-state index < -0.39 is 17.9 Å². The van der Waals surface area contributed by atoms with Crippen molar-refractivity contribution in [2.24, 2.45) is 0 Å². The second-order valence-corrected chi connectivity index (χ2v) is 3.58. The lowest BCUT2D eigenvalue weighted by atomic mass is 10.1. The molecule has 88 valence electrons. The highest BCUT2D eigenvalue weighted by atomic mass is 35.5. The zero-order chi connectivity index (χ0) is 12.5. The summed E-state index contributed by atoms with van der Waals surface area (Å²) >= 11 is 5.77. The predicted octanol–water partition coefficient (Wildman–Crippen LogP) is 3.75. The fourth-order valence-electron chi connectivity index (χ4n) is 1.19. The quantitative estimate of drug-likeness (QED) is 0.750. The zero-order valence-electron chi connectivity index (χ0n) is 8.48. The van der Waals surface area contributed by atoms with Crippen LogP contribution in [0.25, 0.3) is 0 Å². The van der Waals surface area contributed by atoms with Crippen molar-refractivity contribution < 1.29 is 22.7 Å². The number of ether oxygens (including phenoxy) is 1. The molecule has 0 N–H and O–H groups in total. The monoisotopic (exact) mass is 252 g/mol.